The first-order valence-corrected chi connectivity index (χ1v) is 12.1. The number of rotatable bonds is 13. The van der Waals surface area contributed by atoms with Crippen LogP contribution in [0.15, 0.2) is 69.5 Å². The summed E-state index contributed by atoms with van der Waals surface area (Å²) in [6.07, 6.45) is -2.35. The number of aromatic nitrogens is 1. The van der Waals surface area contributed by atoms with Gasteiger partial charge in [-0.3, -0.25) is 9.36 Å². The minimum absolute atomic E-state index is 0.0234. The lowest BCUT2D eigenvalue weighted by atomic mass is 10.1. The van der Waals surface area contributed by atoms with Gasteiger partial charge in [-0.2, -0.15) is 22.6 Å². The maximum Gasteiger partial charge on any atom is 0.420 e. The number of nitrogen functional groups attached to an aromatic ring is 1. The third-order valence-electron chi connectivity index (χ3n) is 4.83. The molecule has 2 rings (SSSR count). The molecule has 37 heavy (non-hydrogen) atoms. The zero-order valence-corrected chi connectivity index (χ0v) is 20.4. The molecular weight excluding hydrogens is 519 g/mol. The predicted octanol–water partition coefficient (Wildman–Crippen LogP) is 2.94. The van der Waals surface area contributed by atoms with Crippen molar-refractivity contribution in [2.75, 3.05) is 38.6 Å². The number of hydrogen-bond acceptors (Lipinski definition) is 9. The molecule has 0 saturated heterocycles. The molecule has 1 aromatic carbocycles. The van der Waals surface area contributed by atoms with Crippen LogP contribution in [-0.4, -0.2) is 60.4 Å². The van der Waals surface area contributed by atoms with Gasteiger partial charge in [-0.1, -0.05) is 12.2 Å². The summed E-state index contributed by atoms with van der Waals surface area (Å²) >= 11 is 0. The van der Waals surface area contributed by atoms with Crippen LogP contribution in [0, 0.1) is 0 Å². The third kappa shape index (κ3) is 7.03. The van der Waals surface area contributed by atoms with Crippen LogP contribution in [0.1, 0.15) is 5.56 Å². The molecule has 2 aromatic rings. The molecule has 4 N–H and O–H groups in total. The van der Waals surface area contributed by atoms with E-state index in [9.17, 15) is 31.5 Å². The van der Waals surface area contributed by atoms with Crippen LogP contribution in [0.2, 0.25) is 0 Å². The average molecular weight is 546 g/mol. The summed E-state index contributed by atoms with van der Waals surface area (Å²) in [5.41, 5.74) is 0.114. The molecule has 0 unspecified atom stereocenters. The summed E-state index contributed by atoms with van der Waals surface area (Å²) in [6, 6.07) is 4.73. The Morgan fingerprint density at radius 1 is 1.11 bits per heavy atom. The highest BCUT2D eigenvalue weighted by atomic mass is 32.2. The fourth-order valence-electron chi connectivity index (χ4n) is 3.13. The average Bonchev–Trinajstić information content (AvgIpc) is 2.84. The second-order valence-corrected chi connectivity index (χ2v) is 9.28. The number of anilines is 1. The first-order valence-electron chi connectivity index (χ1n) is 10.6. The molecule has 0 bridgehead atoms. The Morgan fingerprint density at radius 2 is 1.70 bits per heavy atom. The van der Waals surface area contributed by atoms with E-state index in [4.69, 9.17) is 15.6 Å². The molecule has 0 radical (unpaired) electrons. The first-order chi connectivity index (χ1) is 17.4. The maximum absolute atomic E-state index is 13.7. The minimum Gasteiger partial charge on any atom is -0.493 e. The molecule has 11 nitrogen and oxygen atoms in total. The number of nitrogens with two attached hydrogens (primary N) is 1. The van der Waals surface area contributed by atoms with Crippen molar-refractivity contribution in [3.63, 3.8) is 0 Å². The van der Waals surface area contributed by atoms with Gasteiger partial charge < -0.3 is 20.7 Å². The van der Waals surface area contributed by atoms with Crippen LogP contribution in [0.3, 0.4) is 0 Å². The van der Waals surface area contributed by atoms with Gasteiger partial charge >= 0.3 is 6.18 Å². The molecule has 1 heterocycles. The number of aliphatic hydroxyl groups excluding tert-OH is 1. The molecule has 0 aliphatic heterocycles. The molecule has 0 saturated carbocycles. The zero-order valence-electron chi connectivity index (χ0n) is 19.6. The summed E-state index contributed by atoms with van der Waals surface area (Å²) in [7, 11) is -3.93. The second-order valence-electron chi connectivity index (χ2n) is 7.34. The van der Waals surface area contributed by atoms with Crippen LogP contribution in [0.5, 0.6) is 5.88 Å². The third-order valence-corrected chi connectivity index (χ3v) is 6.68. The van der Waals surface area contributed by atoms with Crippen molar-refractivity contribution in [2.24, 2.45) is 10.2 Å². The molecule has 0 aliphatic rings. The number of ether oxygens (including phenoxy) is 1. The van der Waals surface area contributed by atoms with Gasteiger partial charge in [-0.05, 0) is 24.3 Å². The van der Waals surface area contributed by atoms with Crippen LogP contribution >= 0.6 is 0 Å². The molecule has 0 spiro atoms. The van der Waals surface area contributed by atoms with E-state index in [1.165, 1.54) is 36.4 Å². The largest absolute Gasteiger partial charge is 0.493 e. The summed E-state index contributed by atoms with van der Waals surface area (Å²) in [5, 5.41) is 25.9. The van der Waals surface area contributed by atoms with E-state index in [0.29, 0.717) is 4.57 Å². The number of pyridine rings is 1. The van der Waals surface area contributed by atoms with Crippen molar-refractivity contribution in [3.05, 3.63) is 65.5 Å². The minimum atomic E-state index is -5.15. The highest BCUT2D eigenvalue weighted by Gasteiger charge is 2.40. The summed E-state index contributed by atoms with van der Waals surface area (Å²) in [6.45, 7) is 6.05. The van der Waals surface area contributed by atoms with Crippen LogP contribution in [0.25, 0.3) is 0 Å². The molecule has 0 aliphatic carbocycles. The van der Waals surface area contributed by atoms with Gasteiger partial charge in [0.25, 0.3) is 5.56 Å². The Balaban J connectivity index is 2.49. The van der Waals surface area contributed by atoms with E-state index in [1.54, 1.807) is 0 Å². The number of azo groups is 1. The smallest absolute Gasteiger partial charge is 0.420 e. The molecule has 0 amide bonds. The molecular formula is C22H26F3N5O6S. The van der Waals surface area contributed by atoms with Gasteiger partial charge in [0.1, 0.15) is 11.3 Å². The van der Waals surface area contributed by atoms with Gasteiger partial charge in [0.15, 0.2) is 5.69 Å². The number of aromatic hydroxyl groups is 1. The fourth-order valence-corrected chi connectivity index (χ4v) is 4.51. The highest BCUT2D eigenvalue weighted by molar-refractivity contribution is 7.89. The van der Waals surface area contributed by atoms with Gasteiger partial charge in [0.2, 0.25) is 15.9 Å². The molecule has 15 heteroatoms. The van der Waals surface area contributed by atoms with Gasteiger partial charge in [-0.15, -0.1) is 18.3 Å². The summed E-state index contributed by atoms with van der Waals surface area (Å²) in [4.78, 5) is 12.6. The van der Waals surface area contributed by atoms with Crippen LogP contribution in [0.4, 0.5) is 30.2 Å². The molecule has 0 fully saturated rings. The number of aliphatic hydroxyl groups is 1. The Bertz CT molecular complexity index is 1300. The van der Waals surface area contributed by atoms with E-state index in [-0.39, 0.29) is 50.0 Å². The lowest BCUT2D eigenvalue weighted by Gasteiger charge is -2.19. The normalized spacial score (nSPS) is 12.4. The summed E-state index contributed by atoms with van der Waals surface area (Å²) in [5.74, 6) is -1.12. The van der Waals surface area contributed by atoms with Crippen LogP contribution in [-0.2, 0) is 27.5 Å². The number of benzene rings is 1. The van der Waals surface area contributed by atoms with Gasteiger partial charge in [0, 0.05) is 13.1 Å². The van der Waals surface area contributed by atoms with E-state index in [1.807, 2.05) is 0 Å². The van der Waals surface area contributed by atoms with Crippen molar-refractivity contribution in [3.8, 4) is 5.88 Å². The number of hydrogen-bond donors (Lipinski definition) is 3. The quantitative estimate of drug-likeness (QED) is 0.198. The number of sulfonamides is 1. The van der Waals surface area contributed by atoms with Crippen molar-refractivity contribution in [1.82, 2.24) is 8.87 Å². The second kappa shape index (κ2) is 12.6. The lowest BCUT2D eigenvalue weighted by molar-refractivity contribution is -0.136. The highest BCUT2D eigenvalue weighted by Crippen LogP contribution is 2.42. The Labute approximate surface area is 210 Å². The van der Waals surface area contributed by atoms with Crippen molar-refractivity contribution in [2.45, 2.75) is 17.6 Å². The predicted molar refractivity (Wildman–Crippen MR) is 129 cm³/mol. The van der Waals surface area contributed by atoms with E-state index in [0.717, 1.165) is 4.31 Å². The Kier molecular flexibility index (Phi) is 10.1. The monoisotopic (exact) mass is 545 g/mol. The maximum atomic E-state index is 13.7. The van der Waals surface area contributed by atoms with Gasteiger partial charge in [0.05, 0.1) is 36.9 Å². The molecule has 202 valence electrons. The van der Waals surface area contributed by atoms with Crippen molar-refractivity contribution < 1.29 is 36.5 Å². The number of halogens is 3. The fraction of sp³-hybridized carbons (Fsp3) is 0.318. The SMILES string of the molecule is C=CCN(CC=C)S(=O)(=O)c1ccc(N=Nc2c(C(F)(F)F)c(N)c(O)n(CCOCCO)c2=O)cc1. The van der Waals surface area contributed by atoms with E-state index < -0.39 is 44.6 Å². The molecule has 1 aromatic heterocycles. The number of nitrogens with zero attached hydrogens (tertiary/aromatic N) is 4. The standard InChI is InChI=1S/C22H26F3N5O6S/c1-3-9-29(10-4-2)37(34,35)16-7-5-15(6-8-16)27-28-19-17(22(23,24)25)18(26)20(32)30(21(19)33)11-13-36-14-12-31/h3-8,31-32H,1-2,9-14,26H2. The number of alkyl halides is 3. The Morgan fingerprint density at radius 3 is 2.22 bits per heavy atom. The van der Waals surface area contributed by atoms with E-state index in [2.05, 4.69) is 23.4 Å². The van der Waals surface area contributed by atoms with Crippen LogP contribution < -0.4 is 11.3 Å². The first kappa shape index (κ1) is 29.7. The topological polar surface area (TPSA) is 160 Å². The Hall–Kier alpha value is -3.53. The zero-order chi connectivity index (χ0) is 27.8. The summed E-state index contributed by atoms with van der Waals surface area (Å²) < 4.78 is 73.3. The lowest BCUT2D eigenvalue weighted by Crippen LogP contribution is -2.31. The van der Waals surface area contributed by atoms with E-state index >= 15 is 0 Å². The van der Waals surface area contributed by atoms with Crippen molar-refractivity contribution in [1.29, 1.82) is 0 Å². The van der Waals surface area contributed by atoms with Gasteiger partial charge in [-0.25, -0.2) is 8.42 Å². The van der Waals surface area contributed by atoms with Crippen molar-refractivity contribution >= 4 is 27.1 Å². The molecule has 0 atom stereocenters.